The highest BCUT2D eigenvalue weighted by Crippen LogP contribution is 2.55. The average Bonchev–Trinajstić information content (AvgIpc) is 2.52. The molecular formula is C20H33N3O2. The van der Waals surface area contributed by atoms with Gasteiger partial charge in [0.25, 0.3) is 0 Å². The lowest BCUT2D eigenvalue weighted by atomic mass is 9.53. The molecule has 0 radical (unpaired) electrons. The summed E-state index contributed by atoms with van der Waals surface area (Å²) in [5, 5.41) is 3.48. The average molecular weight is 348 g/mol. The van der Waals surface area contributed by atoms with E-state index in [-0.39, 0.29) is 17.4 Å². The van der Waals surface area contributed by atoms with Crippen LogP contribution in [0.2, 0.25) is 0 Å². The maximum Gasteiger partial charge on any atom is 0.234 e. The van der Waals surface area contributed by atoms with E-state index in [9.17, 15) is 9.59 Å². The Labute approximate surface area is 151 Å². The van der Waals surface area contributed by atoms with E-state index >= 15 is 0 Å². The van der Waals surface area contributed by atoms with Gasteiger partial charge in [-0.15, -0.1) is 0 Å². The molecule has 5 fully saturated rings. The van der Waals surface area contributed by atoms with E-state index in [2.05, 4.69) is 10.2 Å². The second-order valence-corrected chi connectivity index (χ2v) is 9.38. The molecule has 1 N–H and O–H groups in total. The number of nitrogens with zero attached hydrogens (tertiary/aromatic N) is 2. The number of rotatable bonds is 4. The Morgan fingerprint density at radius 3 is 2.04 bits per heavy atom. The van der Waals surface area contributed by atoms with E-state index in [0.29, 0.717) is 12.6 Å². The number of nitrogens with one attached hydrogen (secondary N) is 1. The van der Waals surface area contributed by atoms with Crippen LogP contribution in [0, 0.1) is 17.8 Å². The molecule has 4 saturated carbocycles. The molecule has 1 saturated heterocycles. The third-order valence-corrected chi connectivity index (χ3v) is 7.41. The lowest BCUT2D eigenvalue weighted by molar-refractivity contribution is -0.132. The molecule has 0 atom stereocenters. The van der Waals surface area contributed by atoms with E-state index in [4.69, 9.17) is 0 Å². The van der Waals surface area contributed by atoms with Gasteiger partial charge in [0, 0.05) is 38.6 Å². The molecule has 0 aromatic rings. The van der Waals surface area contributed by atoms with Crippen LogP contribution in [0.1, 0.15) is 58.3 Å². The Hall–Kier alpha value is -1.10. The van der Waals surface area contributed by atoms with Gasteiger partial charge < -0.3 is 10.2 Å². The monoisotopic (exact) mass is 347 g/mol. The molecule has 0 aromatic carbocycles. The number of hydrogen-bond acceptors (Lipinski definition) is 3. The highest BCUT2D eigenvalue weighted by atomic mass is 16.2. The normalized spacial score (nSPS) is 37.9. The maximum absolute atomic E-state index is 12.7. The molecule has 0 spiro atoms. The lowest BCUT2D eigenvalue weighted by Gasteiger charge is -2.57. The maximum atomic E-state index is 12.7. The fraction of sp³-hybridized carbons (Fsp3) is 0.900. The minimum atomic E-state index is 0.124. The summed E-state index contributed by atoms with van der Waals surface area (Å²) in [4.78, 5) is 28.3. The van der Waals surface area contributed by atoms with Crippen molar-refractivity contribution in [3.63, 3.8) is 0 Å². The van der Waals surface area contributed by atoms with Crippen LogP contribution < -0.4 is 5.32 Å². The molecule has 0 unspecified atom stereocenters. The first kappa shape index (κ1) is 17.3. The molecule has 1 heterocycles. The van der Waals surface area contributed by atoms with Gasteiger partial charge in [-0.3, -0.25) is 14.5 Å². The zero-order valence-corrected chi connectivity index (χ0v) is 15.8. The minimum absolute atomic E-state index is 0.124. The quantitative estimate of drug-likeness (QED) is 0.846. The Morgan fingerprint density at radius 1 is 1.04 bits per heavy atom. The van der Waals surface area contributed by atoms with Crippen molar-refractivity contribution < 1.29 is 9.59 Å². The first-order chi connectivity index (χ1) is 11.9. The fourth-order valence-electron chi connectivity index (χ4n) is 6.52. The Morgan fingerprint density at radius 2 is 1.56 bits per heavy atom. The van der Waals surface area contributed by atoms with Crippen molar-refractivity contribution in [2.45, 2.75) is 69.9 Å². The predicted molar refractivity (Wildman–Crippen MR) is 97.0 cm³/mol. The number of likely N-dealkylation sites (tertiary alicyclic amines) is 1. The van der Waals surface area contributed by atoms with Gasteiger partial charge in [-0.2, -0.15) is 0 Å². The highest BCUT2D eigenvalue weighted by Gasteiger charge is 2.51. The highest BCUT2D eigenvalue weighted by molar-refractivity contribution is 5.79. The van der Waals surface area contributed by atoms with Gasteiger partial charge in [-0.25, -0.2) is 0 Å². The van der Waals surface area contributed by atoms with E-state index in [1.54, 1.807) is 6.92 Å². The van der Waals surface area contributed by atoms with E-state index in [0.717, 1.165) is 43.7 Å². The number of carbonyl (C=O) groups excluding carboxylic acids is 2. The van der Waals surface area contributed by atoms with Gasteiger partial charge in [-0.05, 0) is 69.1 Å². The molecule has 5 heteroatoms. The van der Waals surface area contributed by atoms with Crippen LogP contribution in [-0.2, 0) is 9.59 Å². The van der Waals surface area contributed by atoms with Crippen LogP contribution in [0.15, 0.2) is 0 Å². The van der Waals surface area contributed by atoms with Crippen LogP contribution in [0.4, 0.5) is 0 Å². The van der Waals surface area contributed by atoms with Crippen molar-refractivity contribution in [2.24, 2.45) is 17.8 Å². The summed E-state index contributed by atoms with van der Waals surface area (Å²) in [6, 6.07) is 0.333. The largest absolute Gasteiger partial charge is 0.350 e. The van der Waals surface area contributed by atoms with Crippen molar-refractivity contribution in [3.8, 4) is 0 Å². The van der Waals surface area contributed by atoms with Crippen molar-refractivity contribution in [1.29, 1.82) is 0 Å². The molecule has 5 rings (SSSR count). The van der Waals surface area contributed by atoms with Gasteiger partial charge in [0.05, 0.1) is 6.54 Å². The summed E-state index contributed by atoms with van der Waals surface area (Å²) in [7, 11) is 1.89. The van der Waals surface area contributed by atoms with Gasteiger partial charge in [0.15, 0.2) is 0 Å². The van der Waals surface area contributed by atoms with Crippen molar-refractivity contribution in [1.82, 2.24) is 15.1 Å². The van der Waals surface area contributed by atoms with Crippen LogP contribution in [0.25, 0.3) is 0 Å². The molecule has 140 valence electrons. The molecule has 5 nitrogen and oxygen atoms in total. The van der Waals surface area contributed by atoms with Crippen LogP contribution in [-0.4, -0.2) is 59.9 Å². The van der Waals surface area contributed by atoms with Crippen LogP contribution in [0.3, 0.4) is 0 Å². The van der Waals surface area contributed by atoms with Gasteiger partial charge in [0.2, 0.25) is 11.8 Å². The molecular weight excluding hydrogens is 314 g/mol. The topological polar surface area (TPSA) is 52.7 Å². The van der Waals surface area contributed by atoms with Crippen molar-refractivity contribution >= 4 is 11.8 Å². The van der Waals surface area contributed by atoms with Crippen LogP contribution >= 0.6 is 0 Å². The summed E-state index contributed by atoms with van der Waals surface area (Å²) in [6.45, 7) is 3.98. The SMILES string of the molecule is CC(=O)N(C)C1CCN(CC(=O)NC23CC4CC(CC(C4)C2)C3)CC1. The number of carbonyl (C=O) groups is 2. The molecule has 1 aliphatic heterocycles. The second kappa shape index (κ2) is 6.57. The molecule has 0 aromatic heterocycles. The molecule has 5 aliphatic rings. The first-order valence-corrected chi connectivity index (χ1v) is 10.2. The zero-order chi connectivity index (χ0) is 17.6. The zero-order valence-electron chi connectivity index (χ0n) is 15.8. The third kappa shape index (κ3) is 3.57. The van der Waals surface area contributed by atoms with Crippen molar-refractivity contribution in [2.75, 3.05) is 26.7 Å². The summed E-state index contributed by atoms with van der Waals surface area (Å²) >= 11 is 0. The Balaban J connectivity index is 1.27. The summed E-state index contributed by atoms with van der Waals surface area (Å²) in [6.07, 6.45) is 9.83. The number of hydrogen-bond donors (Lipinski definition) is 1. The van der Waals surface area contributed by atoms with Crippen LogP contribution in [0.5, 0.6) is 0 Å². The second-order valence-electron chi connectivity index (χ2n) is 9.38. The summed E-state index contributed by atoms with van der Waals surface area (Å²) in [5.74, 6) is 2.96. The number of piperidine rings is 1. The van der Waals surface area contributed by atoms with Crippen molar-refractivity contribution in [3.05, 3.63) is 0 Å². The van der Waals surface area contributed by atoms with E-state index in [1.807, 2.05) is 11.9 Å². The molecule has 4 bridgehead atoms. The number of amides is 2. The fourth-order valence-corrected chi connectivity index (χ4v) is 6.52. The molecule has 2 amide bonds. The predicted octanol–water partition coefficient (Wildman–Crippen LogP) is 2.01. The van der Waals surface area contributed by atoms with Gasteiger partial charge >= 0.3 is 0 Å². The van der Waals surface area contributed by atoms with E-state index in [1.165, 1.54) is 38.5 Å². The van der Waals surface area contributed by atoms with Gasteiger partial charge in [0.1, 0.15) is 0 Å². The molecule has 25 heavy (non-hydrogen) atoms. The van der Waals surface area contributed by atoms with Gasteiger partial charge in [-0.1, -0.05) is 0 Å². The smallest absolute Gasteiger partial charge is 0.234 e. The third-order valence-electron chi connectivity index (χ3n) is 7.41. The lowest BCUT2D eigenvalue weighted by Crippen LogP contribution is -2.61. The molecule has 4 aliphatic carbocycles. The minimum Gasteiger partial charge on any atom is -0.350 e. The van der Waals surface area contributed by atoms with E-state index < -0.39 is 0 Å². The first-order valence-electron chi connectivity index (χ1n) is 10.2. The summed E-state index contributed by atoms with van der Waals surface area (Å²) in [5.41, 5.74) is 0.124. The Kier molecular flexibility index (Phi) is 4.55. The standard InChI is InChI=1S/C20H33N3O2/c1-14(24)22(2)18-3-5-23(6-4-18)13-19(25)21-20-10-15-7-16(11-20)9-17(8-15)12-20/h15-18H,3-13H2,1-2H3,(H,21,25). The Bertz CT molecular complexity index is 504. The summed E-state index contributed by atoms with van der Waals surface area (Å²) < 4.78 is 0.